The van der Waals surface area contributed by atoms with Gasteiger partial charge < -0.3 is 10.6 Å². The van der Waals surface area contributed by atoms with E-state index in [2.05, 4.69) is 31.0 Å². The van der Waals surface area contributed by atoms with E-state index >= 15 is 0 Å². The molecule has 0 radical (unpaired) electrons. The monoisotopic (exact) mass is 280 g/mol. The number of halogens is 1. The Kier molecular flexibility index (Phi) is 4.75. The summed E-state index contributed by atoms with van der Waals surface area (Å²) in [6.07, 6.45) is 5.28. The predicted octanol–water partition coefficient (Wildman–Crippen LogP) is 4.37. The first-order valence-corrected chi connectivity index (χ1v) is 7.66. The molecule has 0 amide bonds. The fraction of sp³-hybridized carbons (Fsp3) is 0.625. The Bertz CT molecular complexity index is 431. The van der Waals surface area contributed by atoms with Crippen LogP contribution in [0.1, 0.15) is 51.1 Å². The molecule has 3 unspecified atom stereocenters. The van der Waals surface area contributed by atoms with Gasteiger partial charge in [0.1, 0.15) is 0 Å². The average molecular weight is 281 g/mol. The van der Waals surface area contributed by atoms with E-state index in [4.69, 9.17) is 17.3 Å². The predicted molar refractivity (Wildman–Crippen MR) is 83.9 cm³/mol. The number of hydrogen-bond donors (Lipinski definition) is 1. The first-order valence-electron chi connectivity index (χ1n) is 7.28. The number of nitrogens with two attached hydrogens (primary N) is 1. The Morgan fingerprint density at radius 1 is 1.32 bits per heavy atom. The molecule has 1 saturated carbocycles. The summed E-state index contributed by atoms with van der Waals surface area (Å²) in [4.78, 5) is 2.36. The molecule has 1 aromatic carbocycles. The number of benzene rings is 1. The van der Waals surface area contributed by atoms with E-state index in [9.17, 15) is 0 Å². The van der Waals surface area contributed by atoms with E-state index in [0.717, 1.165) is 22.2 Å². The van der Waals surface area contributed by atoms with Crippen molar-refractivity contribution in [3.63, 3.8) is 0 Å². The van der Waals surface area contributed by atoms with Gasteiger partial charge in [-0.3, -0.25) is 0 Å². The molecule has 0 heterocycles. The van der Waals surface area contributed by atoms with Gasteiger partial charge in [0.05, 0.1) is 10.7 Å². The van der Waals surface area contributed by atoms with Crippen molar-refractivity contribution in [1.82, 2.24) is 0 Å². The van der Waals surface area contributed by atoms with Crippen LogP contribution in [0.4, 0.5) is 5.69 Å². The van der Waals surface area contributed by atoms with Crippen LogP contribution >= 0.6 is 11.6 Å². The van der Waals surface area contributed by atoms with E-state index in [0.29, 0.717) is 6.04 Å². The molecular formula is C16H25ClN2. The highest BCUT2D eigenvalue weighted by Gasteiger charge is 2.26. The van der Waals surface area contributed by atoms with Crippen molar-refractivity contribution in [2.24, 2.45) is 11.7 Å². The zero-order valence-corrected chi connectivity index (χ0v) is 13.0. The van der Waals surface area contributed by atoms with E-state index in [1.54, 1.807) is 0 Å². The molecule has 2 N–H and O–H groups in total. The van der Waals surface area contributed by atoms with E-state index in [-0.39, 0.29) is 6.04 Å². The molecule has 0 bridgehead atoms. The minimum absolute atomic E-state index is 0.0328. The fourth-order valence-electron chi connectivity index (χ4n) is 3.14. The minimum Gasteiger partial charge on any atom is -0.370 e. The quantitative estimate of drug-likeness (QED) is 0.890. The van der Waals surface area contributed by atoms with Crippen LogP contribution in [-0.2, 0) is 0 Å². The van der Waals surface area contributed by atoms with Crippen LogP contribution in [0.5, 0.6) is 0 Å². The molecule has 1 fully saturated rings. The van der Waals surface area contributed by atoms with Gasteiger partial charge in [0.25, 0.3) is 0 Å². The average Bonchev–Trinajstić information content (AvgIpc) is 2.38. The number of hydrogen-bond acceptors (Lipinski definition) is 2. The van der Waals surface area contributed by atoms with Crippen molar-refractivity contribution < 1.29 is 0 Å². The van der Waals surface area contributed by atoms with Crippen LogP contribution in [0, 0.1) is 5.92 Å². The topological polar surface area (TPSA) is 29.3 Å². The van der Waals surface area contributed by atoms with Crippen LogP contribution in [0.25, 0.3) is 0 Å². The van der Waals surface area contributed by atoms with Crippen molar-refractivity contribution >= 4 is 17.3 Å². The molecule has 3 heteroatoms. The summed E-state index contributed by atoms with van der Waals surface area (Å²) in [5.74, 6) is 0.739. The Labute approximate surface area is 121 Å². The van der Waals surface area contributed by atoms with Gasteiger partial charge >= 0.3 is 0 Å². The van der Waals surface area contributed by atoms with Gasteiger partial charge in [0, 0.05) is 19.1 Å². The number of anilines is 1. The normalized spacial score (nSPS) is 25.1. The molecule has 106 valence electrons. The summed E-state index contributed by atoms with van der Waals surface area (Å²) >= 11 is 6.44. The van der Waals surface area contributed by atoms with Crippen molar-refractivity contribution in [1.29, 1.82) is 0 Å². The lowest BCUT2D eigenvalue weighted by atomic mass is 9.85. The van der Waals surface area contributed by atoms with E-state index in [1.165, 1.54) is 25.7 Å². The summed E-state index contributed by atoms with van der Waals surface area (Å²) < 4.78 is 0. The van der Waals surface area contributed by atoms with E-state index in [1.807, 2.05) is 13.0 Å². The molecule has 1 aromatic rings. The maximum atomic E-state index is 6.44. The molecule has 0 spiro atoms. The summed E-state index contributed by atoms with van der Waals surface area (Å²) in [7, 11) is 2.17. The van der Waals surface area contributed by atoms with Crippen molar-refractivity contribution in [3.8, 4) is 0 Å². The highest BCUT2D eigenvalue weighted by molar-refractivity contribution is 6.33. The molecule has 2 nitrogen and oxygen atoms in total. The Balaban J connectivity index is 2.21. The second-order valence-corrected chi connectivity index (χ2v) is 6.35. The standard InChI is InChI=1S/C16H25ClN2/c1-11-6-4-5-7-15(11)19(3)16-9-8-13(12(2)18)10-14(16)17/h8-12,15H,4-7,18H2,1-3H3. The van der Waals surface area contributed by atoms with Crippen LogP contribution in [0.3, 0.4) is 0 Å². The largest absolute Gasteiger partial charge is 0.370 e. The van der Waals surface area contributed by atoms with Gasteiger partial charge in [-0.25, -0.2) is 0 Å². The third kappa shape index (κ3) is 3.24. The third-order valence-electron chi connectivity index (χ3n) is 4.44. The fourth-order valence-corrected chi connectivity index (χ4v) is 3.47. The molecule has 2 rings (SSSR count). The lowest BCUT2D eigenvalue weighted by molar-refractivity contribution is 0.321. The summed E-state index contributed by atoms with van der Waals surface area (Å²) in [6.45, 7) is 4.34. The Hall–Kier alpha value is -0.730. The molecule has 0 aliphatic heterocycles. The van der Waals surface area contributed by atoms with Gasteiger partial charge in [-0.05, 0) is 43.4 Å². The van der Waals surface area contributed by atoms with Crippen molar-refractivity contribution in [2.75, 3.05) is 11.9 Å². The van der Waals surface area contributed by atoms with Crippen molar-refractivity contribution in [2.45, 2.75) is 51.6 Å². The Morgan fingerprint density at radius 3 is 2.58 bits per heavy atom. The maximum absolute atomic E-state index is 6.44. The summed E-state index contributed by atoms with van der Waals surface area (Å²) in [5, 5.41) is 0.815. The van der Waals surface area contributed by atoms with Crippen LogP contribution in [-0.4, -0.2) is 13.1 Å². The molecule has 1 aliphatic carbocycles. The molecule has 1 aliphatic rings. The molecule has 19 heavy (non-hydrogen) atoms. The molecule has 0 saturated heterocycles. The second kappa shape index (κ2) is 6.15. The second-order valence-electron chi connectivity index (χ2n) is 5.94. The first kappa shape index (κ1) is 14.7. The molecular weight excluding hydrogens is 256 g/mol. The smallest absolute Gasteiger partial charge is 0.0642 e. The Morgan fingerprint density at radius 2 is 2.00 bits per heavy atom. The van der Waals surface area contributed by atoms with Crippen LogP contribution in [0.2, 0.25) is 5.02 Å². The van der Waals surface area contributed by atoms with Gasteiger partial charge in [0.2, 0.25) is 0 Å². The summed E-state index contributed by atoms with van der Waals surface area (Å²) in [6, 6.07) is 6.85. The van der Waals surface area contributed by atoms with Gasteiger partial charge in [-0.15, -0.1) is 0 Å². The molecule has 0 aromatic heterocycles. The number of nitrogens with zero attached hydrogens (tertiary/aromatic N) is 1. The van der Waals surface area contributed by atoms with Crippen LogP contribution < -0.4 is 10.6 Å². The molecule has 3 atom stereocenters. The summed E-state index contributed by atoms with van der Waals surface area (Å²) in [5.41, 5.74) is 8.13. The van der Waals surface area contributed by atoms with Gasteiger partial charge in [-0.2, -0.15) is 0 Å². The van der Waals surface area contributed by atoms with Crippen molar-refractivity contribution in [3.05, 3.63) is 28.8 Å². The number of rotatable bonds is 3. The van der Waals surface area contributed by atoms with Gasteiger partial charge in [0.15, 0.2) is 0 Å². The first-order chi connectivity index (χ1) is 9.00. The highest BCUT2D eigenvalue weighted by Crippen LogP contribution is 2.34. The zero-order valence-electron chi connectivity index (χ0n) is 12.2. The highest BCUT2D eigenvalue weighted by atomic mass is 35.5. The van der Waals surface area contributed by atoms with Crippen LogP contribution in [0.15, 0.2) is 18.2 Å². The minimum atomic E-state index is 0.0328. The third-order valence-corrected chi connectivity index (χ3v) is 4.74. The SMILES string of the molecule is CC(N)c1ccc(N(C)C2CCCCC2C)c(Cl)c1. The van der Waals surface area contributed by atoms with E-state index < -0.39 is 0 Å². The zero-order chi connectivity index (χ0) is 14.0. The van der Waals surface area contributed by atoms with Gasteiger partial charge in [-0.1, -0.05) is 37.4 Å². The lowest BCUT2D eigenvalue weighted by Gasteiger charge is -2.38. The lowest BCUT2D eigenvalue weighted by Crippen LogP contribution is -2.39. The maximum Gasteiger partial charge on any atom is 0.0642 e.